The predicted molar refractivity (Wildman–Crippen MR) is 116 cm³/mol. The van der Waals surface area contributed by atoms with Crippen LogP contribution in [0.2, 0.25) is 0 Å². The van der Waals surface area contributed by atoms with Crippen LogP contribution in [0.25, 0.3) is 17.4 Å². The molecule has 1 fully saturated rings. The van der Waals surface area contributed by atoms with E-state index in [-0.39, 0.29) is 11.6 Å². The van der Waals surface area contributed by atoms with Crippen LogP contribution >= 0.6 is 27.7 Å². The normalized spacial score (nSPS) is 16.4. The Kier molecular flexibility index (Phi) is 5.32. The molecule has 1 saturated heterocycles. The molecule has 29 heavy (non-hydrogen) atoms. The second kappa shape index (κ2) is 8.06. The van der Waals surface area contributed by atoms with Gasteiger partial charge >= 0.3 is 0 Å². The third kappa shape index (κ3) is 4.47. The van der Waals surface area contributed by atoms with Crippen LogP contribution in [0.15, 0.2) is 79.5 Å². The van der Waals surface area contributed by atoms with Gasteiger partial charge in [0.25, 0.3) is 11.6 Å². The predicted octanol–water partition coefficient (Wildman–Crippen LogP) is 5.51. The molecular weight excluding hydrogens is 458 g/mol. The molecule has 0 spiro atoms. The van der Waals surface area contributed by atoms with E-state index in [9.17, 15) is 14.9 Å². The largest absolute Gasteiger partial charge is 0.457 e. The highest BCUT2D eigenvalue weighted by molar-refractivity contribution is 9.10. The summed E-state index contributed by atoms with van der Waals surface area (Å²) in [6, 6.07) is 17.0. The molecule has 0 saturated carbocycles. The highest BCUT2D eigenvalue weighted by atomic mass is 79.9. The third-order valence-electron chi connectivity index (χ3n) is 3.93. The topological polar surface area (TPSA) is 97.7 Å². The van der Waals surface area contributed by atoms with E-state index in [1.165, 1.54) is 23.9 Å². The third-order valence-corrected chi connectivity index (χ3v) is 5.33. The minimum absolute atomic E-state index is 0.0158. The lowest BCUT2D eigenvalue weighted by Gasteiger charge is -1.97. The fourth-order valence-electron chi connectivity index (χ4n) is 2.63. The van der Waals surface area contributed by atoms with E-state index in [1.807, 2.05) is 24.3 Å². The number of hydrogen-bond donors (Lipinski definition) is 1. The SMILES string of the molecule is O=C1NC(=Nc2cccc(Br)c2)S/C1=C\c1ccc(-c2cccc([N+](=O)[O-])c2)o1. The summed E-state index contributed by atoms with van der Waals surface area (Å²) in [7, 11) is 0. The maximum Gasteiger partial charge on any atom is 0.270 e. The van der Waals surface area contributed by atoms with Gasteiger partial charge in [0, 0.05) is 28.2 Å². The number of amidine groups is 1. The van der Waals surface area contributed by atoms with Crippen LogP contribution in [0.1, 0.15) is 5.76 Å². The molecule has 3 aromatic rings. The molecule has 7 nitrogen and oxygen atoms in total. The lowest BCUT2D eigenvalue weighted by atomic mass is 10.1. The van der Waals surface area contributed by atoms with Gasteiger partial charge in [-0.05, 0) is 42.1 Å². The van der Waals surface area contributed by atoms with Crippen molar-refractivity contribution < 1.29 is 14.1 Å². The molecule has 144 valence electrons. The zero-order valence-corrected chi connectivity index (χ0v) is 17.1. The molecule has 9 heteroatoms. The first-order valence-electron chi connectivity index (χ1n) is 8.38. The van der Waals surface area contributed by atoms with E-state index < -0.39 is 4.92 Å². The molecule has 1 aromatic heterocycles. The van der Waals surface area contributed by atoms with Gasteiger partial charge in [0.15, 0.2) is 5.17 Å². The van der Waals surface area contributed by atoms with Crippen LogP contribution in [0.5, 0.6) is 0 Å². The van der Waals surface area contributed by atoms with Crippen LogP contribution in [0.3, 0.4) is 0 Å². The standard InChI is InChI=1S/C20H12BrN3O4S/c21-13-4-2-5-14(10-13)22-20-23-19(25)18(29-20)11-16-7-8-17(28-16)12-3-1-6-15(9-12)24(26)27/h1-11H,(H,22,23,25)/b18-11-. The molecule has 4 rings (SSSR count). The van der Waals surface area contributed by atoms with Gasteiger partial charge < -0.3 is 9.73 Å². The molecular formula is C20H12BrN3O4S. The minimum Gasteiger partial charge on any atom is -0.457 e. The summed E-state index contributed by atoms with van der Waals surface area (Å²) in [5.74, 6) is 0.678. The zero-order chi connectivity index (χ0) is 20.4. The van der Waals surface area contributed by atoms with Crippen molar-refractivity contribution in [3.8, 4) is 11.3 Å². The number of hydrogen-bond acceptors (Lipinski definition) is 6. The molecule has 1 N–H and O–H groups in total. The number of nitrogens with one attached hydrogen (secondary N) is 1. The van der Waals surface area contributed by atoms with Crippen molar-refractivity contribution in [1.29, 1.82) is 0 Å². The van der Waals surface area contributed by atoms with Crippen molar-refractivity contribution in [2.24, 2.45) is 4.99 Å². The van der Waals surface area contributed by atoms with Gasteiger partial charge in [0.05, 0.1) is 15.5 Å². The Hall–Kier alpha value is -3.17. The molecule has 2 heterocycles. The first-order valence-corrected chi connectivity index (χ1v) is 9.99. The molecule has 0 radical (unpaired) electrons. The number of aliphatic imine (C=N–C) groups is 1. The summed E-state index contributed by atoms with van der Waals surface area (Å²) in [4.78, 5) is 27.6. The average Bonchev–Trinajstić information content (AvgIpc) is 3.29. The smallest absolute Gasteiger partial charge is 0.270 e. The minimum atomic E-state index is -0.457. The van der Waals surface area contributed by atoms with Gasteiger partial charge in [0.1, 0.15) is 11.5 Å². The number of amides is 1. The highest BCUT2D eigenvalue weighted by Gasteiger charge is 2.24. The van der Waals surface area contributed by atoms with Crippen LogP contribution in [0, 0.1) is 10.1 Å². The number of carbonyl (C=O) groups excluding carboxylic acids is 1. The Morgan fingerprint density at radius 2 is 1.97 bits per heavy atom. The average molecular weight is 470 g/mol. The summed E-state index contributed by atoms with van der Waals surface area (Å²) >= 11 is 4.60. The molecule has 1 amide bonds. The van der Waals surface area contributed by atoms with E-state index in [0.29, 0.717) is 27.2 Å². The first-order chi connectivity index (χ1) is 14.0. The van der Waals surface area contributed by atoms with Gasteiger partial charge in [-0.2, -0.15) is 0 Å². The van der Waals surface area contributed by atoms with E-state index in [2.05, 4.69) is 26.2 Å². The van der Waals surface area contributed by atoms with Crippen molar-refractivity contribution >= 4 is 56.2 Å². The van der Waals surface area contributed by atoms with Crippen LogP contribution in [-0.4, -0.2) is 16.0 Å². The van der Waals surface area contributed by atoms with Crippen LogP contribution in [-0.2, 0) is 4.79 Å². The molecule has 0 aliphatic carbocycles. The number of non-ortho nitro benzene ring substituents is 1. The van der Waals surface area contributed by atoms with Crippen LogP contribution < -0.4 is 5.32 Å². The Balaban J connectivity index is 1.55. The van der Waals surface area contributed by atoms with Gasteiger partial charge in [-0.1, -0.05) is 34.1 Å². The number of halogens is 1. The molecule has 2 aromatic carbocycles. The van der Waals surface area contributed by atoms with E-state index >= 15 is 0 Å². The van der Waals surface area contributed by atoms with Crippen molar-refractivity contribution in [2.75, 3.05) is 0 Å². The lowest BCUT2D eigenvalue weighted by molar-refractivity contribution is -0.384. The number of carbonyl (C=O) groups is 1. The highest BCUT2D eigenvalue weighted by Crippen LogP contribution is 2.31. The monoisotopic (exact) mass is 469 g/mol. The van der Waals surface area contributed by atoms with E-state index in [1.54, 1.807) is 30.3 Å². The maximum atomic E-state index is 12.2. The lowest BCUT2D eigenvalue weighted by Crippen LogP contribution is -2.19. The summed E-state index contributed by atoms with van der Waals surface area (Å²) in [6.07, 6.45) is 1.62. The second-order valence-corrected chi connectivity index (χ2v) is 7.92. The van der Waals surface area contributed by atoms with Crippen LogP contribution in [0.4, 0.5) is 11.4 Å². The number of thioether (sulfide) groups is 1. The Labute approximate surface area is 177 Å². The zero-order valence-electron chi connectivity index (χ0n) is 14.7. The van der Waals surface area contributed by atoms with Gasteiger partial charge in [-0.3, -0.25) is 14.9 Å². The quantitative estimate of drug-likeness (QED) is 0.308. The second-order valence-electron chi connectivity index (χ2n) is 5.97. The van der Waals surface area contributed by atoms with Gasteiger partial charge in [0.2, 0.25) is 0 Å². The number of furan rings is 1. The van der Waals surface area contributed by atoms with Crippen molar-refractivity contribution in [3.05, 3.63) is 85.9 Å². The molecule has 0 atom stereocenters. The molecule has 0 unspecified atom stereocenters. The number of nitro groups is 1. The Morgan fingerprint density at radius 3 is 2.76 bits per heavy atom. The molecule has 1 aliphatic rings. The van der Waals surface area contributed by atoms with Crippen molar-refractivity contribution in [2.45, 2.75) is 0 Å². The van der Waals surface area contributed by atoms with Gasteiger partial charge in [-0.15, -0.1) is 0 Å². The number of rotatable bonds is 4. The number of nitro benzene ring substituents is 1. The fourth-order valence-corrected chi connectivity index (χ4v) is 3.84. The van der Waals surface area contributed by atoms with E-state index in [0.717, 1.165) is 10.2 Å². The summed E-state index contributed by atoms with van der Waals surface area (Å²) in [5.41, 5.74) is 1.29. The van der Waals surface area contributed by atoms with Crippen molar-refractivity contribution in [3.63, 3.8) is 0 Å². The fraction of sp³-hybridized carbons (Fsp3) is 0. The molecule has 0 bridgehead atoms. The maximum absolute atomic E-state index is 12.2. The summed E-state index contributed by atoms with van der Waals surface area (Å²) in [6.45, 7) is 0. The first kappa shape index (κ1) is 19.2. The Morgan fingerprint density at radius 1 is 1.14 bits per heavy atom. The van der Waals surface area contributed by atoms with Crippen molar-refractivity contribution in [1.82, 2.24) is 5.32 Å². The van der Waals surface area contributed by atoms with Gasteiger partial charge in [-0.25, -0.2) is 4.99 Å². The molecule has 1 aliphatic heterocycles. The van der Waals surface area contributed by atoms with E-state index in [4.69, 9.17) is 4.42 Å². The summed E-state index contributed by atoms with van der Waals surface area (Å²) in [5, 5.41) is 14.1. The number of benzene rings is 2. The Bertz CT molecular complexity index is 1190. The number of nitrogens with zero attached hydrogens (tertiary/aromatic N) is 2. The summed E-state index contributed by atoms with van der Waals surface area (Å²) < 4.78 is 6.64.